The van der Waals surface area contributed by atoms with E-state index in [0.717, 1.165) is 37.2 Å². The van der Waals surface area contributed by atoms with E-state index in [-0.39, 0.29) is 5.91 Å². The van der Waals surface area contributed by atoms with Gasteiger partial charge in [0.25, 0.3) is 0 Å². The summed E-state index contributed by atoms with van der Waals surface area (Å²) in [6.07, 6.45) is 3.47. The number of nitrogens with two attached hydrogens (primary N) is 2. The fourth-order valence-electron chi connectivity index (χ4n) is 2.97. The standard InChI is InChI=1S/C14H19N3O/c15-11-2-3-13-10(7-11)1-4-14(18)17(13)8-9-5-12(16)6-9/h2-3,7,9,12H,1,4-6,8,15-16H2. The van der Waals surface area contributed by atoms with Crippen molar-refractivity contribution in [2.45, 2.75) is 31.7 Å². The Morgan fingerprint density at radius 2 is 2.06 bits per heavy atom. The Bertz CT molecular complexity index is 480. The molecule has 0 radical (unpaired) electrons. The maximum absolute atomic E-state index is 12.1. The van der Waals surface area contributed by atoms with Gasteiger partial charge >= 0.3 is 0 Å². The largest absolute Gasteiger partial charge is 0.399 e. The molecule has 1 fully saturated rings. The van der Waals surface area contributed by atoms with Crippen molar-refractivity contribution in [2.24, 2.45) is 11.7 Å². The SMILES string of the molecule is Nc1ccc2c(c1)CCC(=O)N2CC1CC(N)C1. The third-order valence-corrected chi connectivity index (χ3v) is 4.02. The lowest BCUT2D eigenvalue weighted by Gasteiger charge is -2.38. The molecule has 4 nitrogen and oxygen atoms in total. The molecule has 1 aromatic carbocycles. The van der Waals surface area contributed by atoms with E-state index in [4.69, 9.17) is 11.5 Å². The van der Waals surface area contributed by atoms with Crippen molar-refractivity contribution in [2.75, 3.05) is 17.2 Å². The molecule has 1 saturated carbocycles. The molecule has 96 valence electrons. The van der Waals surface area contributed by atoms with Gasteiger partial charge in [0.05, 0.1) is 0 Å². The fourth-order valence-corrected chi connectivity index (χ4v) is 2.97. The highest BCUT2D eigenvalue weighted by Crippen LogP contribution is 2.33. The molecule has 1 aliphatic heterocycles. The summed E-state index contributed by atoms with van der Waals surface area (Å²) in [5.41, 5.74) is 14.6. The zero-order chi connectivity index (χ0) is 12.7. The third-order valence-electron chi connectivity index (χ3n) is 4.02. The van der Waals surface area contributed by atoms with E-state index >= 15 is 0 Å². The highest BCUT2D eigenvalue weighted by Gasteiger charge is 2.32. The number of carbonyl (C=O) groups excluding carboxylic acids is 1. The van der Waals surface area contributed by atoms with Gasteiger partial charge in [-0.2, -0.15) is 0 Å². The van der Waals surface area contributed by atoms with Gasteiger partial charge < -0.3 is 16.4 Å². The fraction of sp³-hybridized carbons (Fsp3) is 0.500. The number of benzene rings is 1. The molecule has 4 heteroatoms. The molecule has 4 N–H and O–H groups in total. The molecule has 0 unspecified atom stereocenters. The summed E-state index contributed by atoms with van der Waals surface area (Å²) in [6, 6.07) is 6.17. The van der Waals surface area contributed by atoms with Crippen LogP contribution in [0.4, 0.5) is 11.4 Å². The lowest BCUT2D eigenvalue weighted by Crippen LogP contribution is -2.46. The molecule has 1 heterocycles. The summed E-state index contributed by atoms with van der Waals surface area (Å²) in [5.74, 6) is 0.792. The van der Waals surface area contributed by atoms with Crippen LogP contribution in [0.2, 0.25) is 0 Å². The molecular formula is C14H19N3O. The predicted octanol–water partition coefficient (Wildman–Crippen LogP) is 1.29. The number of rotatable bonds is 2. The Hall–Kier alpha value is -1.55. The van der Waals surface area contributed by atoms with Gasteiger partial charge in [-0.05, 0) is 48.9 Å². The number of anilines is 2. The Morgan fingerprint density at radius 3 is 2.78 bits per heavy atom. The van der Waals surface area contributed by atoms with Crippen molar-refractivity contribution >= 4 is 17.3 Å². The van der Waals surface area contributed by atoms with Gasteiger partial charge in [0.1, 0.15) is 0 Å². The van der Waals surface area contributed by atoms with Gasteiger partial charge in [-0.3, -0.25) is 4.79 Å². The molecule has 0 bridgehead atoms. The van der Waals surface area contributed by atoms with Crippen LogP contribution in [0, 0.1) is 5.92 Å². The Morgan fingerprint density at radius 1 is 1.28 bits per heavy atom. The maximum atomic E-state index is 12.1. The van der Waals surface area contributed by atoms with E-state index in [1.54, 1.807) is 0 Å². The first-order valence-corrected chi connectivity index (χ1v) is 6.58. The van der Waals surface area contributed by atoms with Crippen LogP contribution in [0.3, 0.4) is 0 Å². The summed E-state index contributed by atoms with van der Waals surface area (Å²) >= 11 is 0. The number of hydrogen-bond acceptors (Lipinski definition) is 3. The summed E-state index contributed by atoms with van der Waals surface area (Å²) in [7, 11) is 0. The molecule has 0 spiro atoms. The van der Waals surface area contributed by atoms with E-state index in [2.05, 4.69) is 0 Å². The first-order chi connectivity index (χ1) is 8.63. The first kappa shape index (κ1) is 11.5. The second-order valence-corrected chi connectivity index (χ2v) is 5.49. The number of fused-ring (bicyclic) bond motifs is 1. The van der Waals surface area contributed by atoms with Gasteiger partial charge in [0.2, 0.25) is 5.91 Å². The first-order valence-electron chi connectivity index (χ1n) is 6.58. The summed E-state index contributed by atoms with van der Waals surface area (Å²) in [6.45, 7) is 0.809. The van der Waals surface area contributed by atoms with Crippen LogP contribution >= 0.6 is 0 Å². The Labute approximate surface area is 107 Å². The van der Waals surface area contributed by atoms with E-state index in [1.165, 1.54) is 5.56 Å². The molecule has 2 aliphatic rings. The molecule has 1 aromatic rings. The highest BCUT2D eigenvalue weighted by molar-refractivity contribution is 5.96. The molecule has 3 rings (SSSR count). The molecule has 0 atom stereocenters. The average Bonchev–Trinajstić information content (AvgIpc) is 2.30. The molecular weight excluding hydrogens is 226 g/mol. The number of carbonyl (C=O) groups is 1. The monoisotopic (exact) mass is 245 g/mol. The van der Waals surface area contributed by atoms with Crippen molar-refractivity contribution in [3.05, 3.63) is 23.8 Å². The van der Waals surface area contributed by atoms with Crippen molar-refractivity contribution in [3.63, 3.8) is 0 Å². The minimum atomic E-state index is 0.229. The van der Waals surface area contributed by atoms with Gasteiger partial charge in [0, 0.05) is 30.4 Å². The van der Waals surface area contributed by atoms with Crippen LogP contribution in [-0.4, -0.2) is 18.5 Å². The van der Waals surface area contributed by atoms with Crippen molar-refractivity contribution < 1.29 is 4.79 Å². The quantitative estimate of drug-likeness (QED) is 0.771. The van der Waals surface area contributed by atoms with Crippen LogP contribution in [0.25, 0.3) is 0 Å². The normalized spacial score (nSPS) is 26.7. The Kier molecular flexibility index (Phi) is 2.74. The lowest BCUT2D eigenvalue weighted by molar-refractivity contribution is -0.119. The van der Waals surface area contributed by atoms with E-state index < -0.39 is 0 Å². The maximum Gasteiger partial charge on any atom is 0.227 e. The van der Waals surface area contributed by atoms with Crippen molar-refractivity contribution in [1.29, 1.82) is 0 Å². The van der Waals surface area contributed by atoms with Crippen LogP contribution in [0.15, 0.2) is 18.2 Å². The van der Waals surface area contributed by atoms with E-state index in [9.17, 15) is 4.79 Å². The van der Waals surface area contributed by atoms with E-state index in [0.29, 0.717) is 18.4 Å². The summed E-state index contributed by atoms with van der Waals surface area (Å²) in [5, 5.41) is 0. The number of aryl methyl sites for hydroxylation is 1. The Balaban J connectivity index is 1.83. The minimum Gasteiger partial charge on any atom is -0.399 e. The second kappa shape index (κ2) is 4.28. The van der Waals surface area contributed by atoms with Gasteiger partial charge in [-0.1, -0.05) is 0 Å². The molecule has 0 saturated heterocycles. The van der Waals surface area contributed by atoms with Crippen LogP contribution < -0.4 is 16.4 Å². The molecule has 1 amide bonds. The lowest BCUT2D eigenvalue weighted by atomic mass is 9.80. The number of amides is 1. The van der Waals surface area contributed by atoms with Crippen molar-refractivity contribution in [3.8, 4) is 0 Å². The van der Waals surface area contributed by atoms with Crippen LogP contribution in [0.1, 0.15) is 24.8 Å². The third kappa shape index (κ3) is 1.97. The van der Waals surface area contributed by atoms with Gasteiger partial charge in [0.15, 0.2) is 0 Å². The summed E-state index contributed by atoms with van der Waals surface area (Å²) < 4.78 is 0. The number of nitrogen functional groups attached to an aromatic ring is 1. The van der Waals surface area contributed by atoms with Crippen LogP contribution in [0.5, 0.6) is 0 Å². The minimum absolute atomic E-state index is 0.229. The van der Waals surface area contributed by atoms with Gasteiger partial charge in [-0.25, -0.2) is 0 Å². The zero-order valence-corrected chi connectivity index (χ0v) is 10.4. The molecule has 0 aromatic heterocycles. The number of hydrogen-bond donors (Lipinski definition) is 2. The van der Waals surface area contributed by atoms with E-state index in [1.807, 2.05) is 23.1 Å². The zero-order valence-electron chi connectivity index (χ0n) is 10.4. The number of nitrogens with zero attached hydrogens (tertiary/aromatic N) is 1. The molecule has 1 aliphatic carbocycles. The summed E-state index contributed by atoms with van der Waals surface area (Å²) in [4.78, 5) is 14.0. The second-order valence-electron chi connectivity index (χ2n) is 5.49. The van der Waals surface area contributed by atoms with Crippen molar-refractivity contribution in [1.82, 2.24) is 0 Å². The average molecular weight is 245 g/mol. The molecule has 18 heavy (non-hydrogen) atoms. The smallest absolute Gasteiger partial charge is 0.227 e. The van der Waals surface area contributed by atoms with Gasteiger partial charge in [-0.15, -0.1) is 0 Å². The predicted molar refractivity (Wildman–Crippen MR) is 72.2 cm³/mol. The van der Waals surface area contributed by atoms with Crippen LogP contribution in [-0.2, 0) is 11.2 Å². The topological polar surface area (TPSA) is 72.4 Å². The highest BCUT2D eigenvalue weighted by atomic mass is 16.2.